The first-order chi connectivity index (χ1) is 19.9. The number of aromatic nitrogens is 9. The van der Waals surface area contributed by atoms with Crippen molar-refractivity contribution in [3.8, 4) is 11.8 Å². The molecule has 0 saturated heterocycles. The summed E-state index contributed by atoms with van der Waals surface area (Å²) in [5.41, 5.74) is 8.87. The number of anilines is 1. The molecule has 6 aromatic rings. The SMILES string of the molecule is C.C[C@H](NC(=O)c1c(N)nn2cccnc12)c1nc2cccc(C#Cc3cnn(C)c3)c2c(=O)n1CCc1cnc[nH]1. The number of fused-ring (bicyclic) bond motifs is 2. The van der Waals surface area contributed by atoms with E-state index in [4.69, 9.17) is 10.7 Å². The molecule has 42 heavy (non-hydrogen) atoms. The molecule has 0 radical (unpaired) electrons. The number of nitrogens with one attached hydrogen (secondary N) is 2. The molecule has 0 fully saturated rings. The molecule has 0 aliphatic heterocycles. The maximum atomic E-state index is 14.0. The van der Waals surface area contributed by atoms with Crippen molar-refractivity contribution in [2.24, 2.45) is 7.05 Å². The van der Waals surface area contributed by atoms with Crippen LogP contribution in [0.5, 0.6) is 0 Å². The molecule has 0 spiro atoms. The zero-order valence-corrected chi connectivity index (χ0v) is 22.2. The second-order valence-electron chi connectivity index (χ2n) is 9.45. The van der Waals surface area contributed by atoms with Gasteiger partial charge in [-0.3, -0.25) is 18.8 Å². The average molecular weight is 564 g/mol. The number of aromatic amines is 1. The number of aryl methyl sites for hydroxylation is 2. The molecule has 0 unspecified atom stereocenters. The van der Waals surface area contributed by atoms with E-state index in [-0.39, 0.29) is 24.4 Å². The van der Waals surface area contributed by atoms with Crippen LogP contribution in [0.2, 0.25) is 0 Å². The smallest absolute Gasteiger partial charge is 0.262 e. The Morgan fingerprint density at radius 1 is 1.21 bits per heavy atom. The quantitative estimate of drug-likeness (QED) is 0.259. The Hall–Kier alpha value is -5.77. The fourth-order valence-electron chi connectivity index (χ4n) is 4.67. The number of nitrogens with two attached hydrogens (primary N) is 1. The third-order valence-electron chi connectivity index (χ3n) is 6.60. The molecule has 0 aliphatic rings. The number of carbonyl (C=O) groups excluding carboxylic acids is 1. The van der Waals surface area contributed by atoms with Crippen molar-refractivity contribution in [2.75, 3.05) is 5.73 Å². The van der Waals surface area contributed by atoms with Gasteiger partial charge in [0, 0.05) is 56.1 Å². The van der Waals surface area contributed by atoms with Gasteiger partial charge < -0.3 is 16.0 Å². The molecule has 1 amide bonds. The first-order valence-corrected chi connectivity index (χ1v) is 12.8. The molecule has 1 aromatic carbocycles. The van der Waals surface area contributed by atoms with Crippen molar-refractivity contribution in [3.05, 3.63) is 100 Å². The number of amides is 1. The van der Waals surface area contributed by atoms with Gasteiger partial charge in [0.05, 0.1) is 35.0 Å². The summed E-state index contributed by atoms with van der Waals surface area (Å²) in [5, 5.41) is 11.6. The van der Waals surface area contributed by atoms with Crippen LogP contribution in [0.4, 0.5) is 5.82 Å². The standard InChI is InChI=1S/C28H25N11O2.CH4/c1-17(34-27(40)23-24(29)36-39-11-4-10-31-26(23)39)25-35-21-6-3-5-19(8-7-18-13-33-37(2)15-18)22(21)28(41)38(25)12-9-20-14-30-16-32-20;/h3-6,10-11,13-17H,9,12H2,1-2H3,(H2,29,36)(H,30,32)(H,34,40);1H4/t17-;/m0./s1. The van der Waals surface area contributed by atoms with Crippen LogP contribution < -0.4 is 16.6 Å². The van der Waals surface area contributed by atoms with Gasteiger partial charge in [0.15, 0.2) is 11.5 Å². The highest BCUT2D eigenvalue weighted by atomic mass is 16.2. The van der Waals surface area contributed by atoms with Crippen molar-refractivity contribution in [2.45, 2.75) is 33.4 Å². The molecule has 13 nitrogen and oxygen atoms in total. The molecule has 1 atom stereocenters. The molecule has 6 rings (SSSR count). The lowest BCUT2D eigenvalue weighted by molar-refractivity contribution is 0.0939. The van der Waals surface area contributed by atoms with Crippen molar-refractivity contribution < 1.29 is 4.79 Å². The lowest BCUT2D eigenvalue weighted by Crippen LogP contribution is -2.34. The first-order valence-electron chi connectivity index (χ1n) is 12.8. The number of imidazole rings is 1. The maximum Gasteiger partial charge on any atom is 0.262 e. The second kappa shape index (κ2) is 11.4. The molecule has 5 heterocycles. The molecular weight excluding hydrogens is 534 g/mol. The van der Waals surface area contributed by atoms with Crippen molar-refractivity contribution >= 4 is 28.3 Å². The van der Waals surface area contributed by atoms with Crippen LogP contribution in [0.25, 0.3) is 16.6 Å². The van der Waals surface area contributed by atoms with Crippen molar-refractivity contribution in [1.82, 2.24) is 49.2 Å². The van der Waals surface area contributed by atoms with E-state index >= 15 is 0 Å². The highest BCUT2D eigenvalue weighted by Crippen LogP contribution is 2.20. The number of nitrogen functional groups attached to an aromatic ring is 1. The Labute approximate surface area is 240 Å². The molecular formula is C29H29N11O2. The number of nitrogens with zero attached hydrogens (tertiary/aromatic N) is 8. The summed E-state index contributed by atoms with van der Waals surface area (Å²) in [6.45, 7) is 2.06. The van der Waals surface area contributed by atoms with E-state index in [1.54, 1.807) is 77.7 Å². The highest BCUT2D eigenvalue weighted by Gasteiger charge is 2.24. The fourth-order valence-corrected chi connectivity index (χ4v) is 4.67. The van der Waals surface area contributed by atoms with Gasteiger partial charge in [-0.05, 0) is 25.1 Å². The minimum atomic E-state index is -0.662. The van der Waals surface area contributed by atoms with Crippen LogP contribution in [0.1, 0.15) is 53.4 Å². The van der Waals surface area contributed by atoms with E-state index in [9.17, 15) is 9.59 Å². The van der Waals surface area contributed by atoms with Crippen LogP contribution in [0.3, 0.4) is 0 Å². The van der Waals surface area contributed by atoms with Crippen LogP contribution in [-0.2, 0) is 20.0 Å². The zero-order valence-electron chi connectivity index (χ0n) is 22.2. The van der Waals surface area contributed by atoms with Gasteiger partial charge in [-0.1, -0.05) is 25.3 Å². The molecule has 5 aromatic heterocycles. The lowest BCUT2D eigenvalue weighted by Gasteiger charge is -2.20. The first kappa shape index (κ1) is 27.8. The molecule has 0 aliphatic carbocycles. The minimum Gasteiger partial charge on any atom is -0.381 e. The summed E-state index contributed by atoms with van der Waals surface area (Å²) in [5.74, 6) is 6.13. The van der Waals surface area contributed by atoms with E-state index in [1.165, 1.54) is 4.52 Å². The molecule has 13 heteroatoms. The number of carbonyl (C=O) groups is 1. The third-order valence-corrected chi connectivity index (χ3v) is 6.60. The molecule has 212 valence electrons. The van der Waals surface area contributed by atoms with E-state index < -0.39 is 11.9 Å². The Kier molecular flexibility index (Phi) is 7.53. The summed E-state index contributed by atoms with van der Waals surface area (Å²) in [6.07, 6.45) is 10.5. The van der Waals surface area contributed by atoms with E-state index in [0.29, 0.717) is 40.9 Å². The normalized spacial score (nSPS) is 11.6. The Balaban J connectivity index is 0.00000353. The number of H-pyrrole nitrogens is 1. The van der Waals surface area contributed by atoms with Gasteiger partial charge in [0.1, 0.15) is 11.4 Å². The van der Waals surface area contributed by atoms with Gasteiger partial charge in [0.2, 0.25) is 0 Å². The van der Waals surface area contributed by atoms with Crippen molar-refractivity contribution in [1.29, 1.82) is 0 Å². The molecule has 4 N–H and O–H groups in total. The lowest BCUT2D eigenvalue weighted by atomic mass is 10.1. The van der Waals surface area contributed by atoms with Gasteiger partial charge in [0.25, 0.3) is 11.5 Å². The van der Waals surface area contributed by atoms with Crippen LogP contribution in [0.15, 0.2) is 66.4 Å². The highest BCUT2D eigenvalue weighted by molar-refractivity contribution is 6.04. The summed E-state index contributed by atoms with van der Waals surface area (Å²) in [4.78, 5) is 43.6. The van der Waals surface area contributed by atoms with E-state index in [2.05, 4.69) is 42.3 Å². The van der Waals surface area contributed by atoms with Crippen LogP contribution >= 0.6 is 0 Å². The number of rotatable bonds is 6. The maximum absolute atomic E-state index is 14.0. The van der Waals surface area contributed by atoms with Crippen LogP contribution in [0, 0.1) is 11.8 Å². The number of hydrogen-bond donors (Lipinski definition) is 3. The minimum absolute atomic E-state index is 0. The number of hydrogen-bond acceptors (Lipinski definition) is 8. The summed E-state index contributed by atoms with van der Waals surface area (Å²) >= 11 is 0. The monoisotopic (exact) mass is 563 g/mol. The van der Waals surface area contributed by atoms with E-state index in [1.807, 2.05) is 7.05 Å². The largest absolute Gasteiger partial charge is 0.381 e. The summed E-state index contributed by atoms with van der Waals surface area (Å²) in [6, 6.07) is 6.38. The molecule has 0 bridgehead atoms. The topological polar surface area (TPSA) is 167 Å². The molecule has 0 saturated carbocycles. The zero-order chi connectivity index (χ0) is 28.5. The third kappa shape index (κ3) is 5.20. The summed E-state index contributed by atoms with van der Waals surface area (Å²) < 4.78 is 4.68. The van der Waals surface area contributed by atoms with Gasteiger partial charge in [-0.25, -0.2) is 19.5 Å². The van der Waals surface area contributed by atoms with Crippen LogP contribution in [-0.4, -0.2) is 49.8 Å². The van der Waals surface area contributed by atoms with Gasteiger partial charge >= 0.3 is 0 Å². The predicted octanol–water partition coefficient (Wildman–Crippen LogP) is 2.25. The second-order valence-corrected chi connectivity index (χ2v) is 9.45. The van der Waals surface area contributed by atoms with E-state index in [0.717, 1.165) is 11.3 Å². The van der Waals surface area contributed by atoms with Gasteiger partial charge in [-0.15, -0.1) is 5.10 Å². The average Bonchev–Trinajstić information content (AvgIpc) is 3.70. The Morgan fingerprint density at radius 3 is 2.83 bits per heavy atom. The fraction of sp³-hybridized carbons (Fsp3) is 0.207. The Morgan fingerprint density at radius 2 is 2.07 bits per heavy atom. The van der Waals surface area contributed by atoms with Crippen molar-refractivity contribution in [3.63, 3.8) is 0 Å². The Bertz CT molecular complexity index is 2020. The number of benzene rings is 1. The van der Waals surface area contributed by atoms with Gasteiger partial charge in [-0.2, -0.15) is 5.10 Å². The summed E-state index contributed by atoms with van der Waals surface area (Å²) in [7, 11) is 1.81. The predicted molar refractivity (Wildman–Crippen MR) is 157 cm³/mol.